The summed E-state index contributed by atoms with van der Waals surface area (Å²) in [6.45, 7) is 7.73. The third-order valence-corrected chi connectivity index (χ3v) is 2.54. The van der Waals surface area contributed by atoms with E-state index in [1.54, 1.807) is 0 Å². The molecule has 0 aliphatic carbocycles. The van der Waals surface area contributed by atoms with Crippen molar-refractivity contribution in [1.82, 2.24) is 4.90 Å². The number of hydrogen-bond acceptors (Lipinski definition) is 5. The molecule has 1 heterocycles. The molecule has 0 aromatic heterocycles. The van der Waals surface area contributed by atoms with Crippen molar-refractivity contribution < 1.29 is 19.4 Å². The van der Waals surface area contributed by atoms with Gasteiger partial charge in [0.05, 0.1) is 6.61 Å². The second-order valence-electron chi connectivity index (χ2n) is 4.15. The summed E-state index contributed by atoms with van der Waals surface area (Å²) in [6, 6.07) is 0.0257. The van der Waals surface area contributed by atoms with Gasteiger partial charge in [0.25, 0.3) is 6.16 Å². The minimum absolute atomic E-state index is 0.0257. The molecule has 15 heavy (non-hydrogen) atoms. The van der Waals surface area contributed by atoms with E-state index in [4.69, 9.17) is 4.74 Å². The molecule has 1 saturated heterocycles. The topological polar surface area (TPSA) is 61.8 Å². The lowest BCUT2D eigenvalue weighted by Gasteiger charge is -2.32. The summed E-state index contributed by atoms with van der Waals surface area (Å²) in [5.41, 5.74) is 0. The fraction of sp³-hybridized carbons (Fsp3) is 0.900. The summed E-state index contributed by atoms with van der Waals surface area (Å²) < 4.78 is 10.0. The first-order chi connectivity index (χ1) is 7.02. The van der Waals surface area contributed by atoms with Crippen molar-refractivity contribution in [2.75, 3.05) is 19.8 Å². The largest absolute Gasteiger partial charge is 0.548 e. The van der Waals surface area contributed by atoms with E-state index in [0.717, 1.165) is 6.54 Å². The summed E-state index contributed by atoms with van der Waals surface area (Å²) in [7, 11) is 0. The zero-order valence-corrected chi connectivity index (χ0v) is 9.43. The van der Waals surface area contributed by atoms with Gasteiger partial charge in [-0.3, -0.25) is 4.90 Å². The first-order valence-corrected chi connectivity index (χ1v) is 5.23. The van der Waals surface area contributed by atoms with Crippen molar-refractivity contribution in [3.8, 4) is 0 Å². The maximum absolute atomic E-state index is 10.2. The van der Waals surface area contributed by atoms with Crippen LogP contribution in [0, 0.1) is 5.92 Å². The van der Waals surface area contributed by atoms with Crippen LogP contribution in [0.15, 0.2) is 0 Å². The molecule has 2 unspecified atom stereocenters. The zero-order chi connectivity index (χ0) is 11.4. The van der Waals surface area contributed by atoms with Gasteiger partial charge in [-0.1, -0.05) is 13.8 Å². The summed E-state index contributed by atoms with van der Waals surface area (Å²) >= 11 is 0. The van der Waals surface area contributed by atoms with Crippen molar-refractivity contribution in [2.24, 2.45) is 5.92 Å². The van der Waals surface area contributed by atoms with Crippen LogP contribution in [0.3, 0.4) is 0 Å². The Hall–Kier alpha value is -0.810. The predicted molar refractivity (Wildman–Crippen MR) is 52.1 cm³/mol. The summed E-state index contributed by atoms with van der Waals surface area (Å²) in [5, 5.41) is 10.2. The molecule has 0 radical (unpaired) electrons. The molecule has 88 valence electrons. The summed E-state index contributed by atoms with van der Waals surface area (Å²) in [5.74, 6) is 0.387. The lowest BCUT2D eigenvalue weighted by molar-refractivity contribution is -0.283. The molecule has 1 aliphatic rings. The van der Waals surface area contributed by atoms with Crippen molar-refractivity contribution in [3.63, 3.8) is 0 Å². The van der Waals surface area contributed by atoms with Crippen LogP contribution < -0.4 is 5.11 Å². The lowest BCUT2D eigenvalue weighted by Crippen LogP contribution is -2.44. The number of carbonyl (C=O) groups is 1. The van der Waals surface area contributed by atoms with E-state index in [2.05, 4.69) is 23.5 Å². The summed E-state index contributed by atoms with van der Waals surface area (Å²) in [4.78, 5) is 12.3. The minimum atomic E-state index is -1.47. The molecule has 0 spiro atoms. The zero-order valence-electron chi connectivity index (χ0n) is 9.43. The average molecular weight is 216 g/mol. The first kappa shape index (κ1) is 12.3. The molecular weight excluding hydrogens is 198 g/mol. The van der Waals surface area contributed by atoms with Gasteiger partial charge in [-0.2, -0.15) is 0 Å². The number of hydrogen-bond donors (Lipinski definition) is 0. The fourth-order valence-corrected chi connectivity index (χ4v) is 1.83. The van der Waals surface area contributed by atoms with Crippen LogP contribution in [0.5, 0.6) is 0 Å². The predicted octanol–water partition coefficient (Wildman–Crippen LogP) is 0.0491. The van der Waals surface area contributed by atoms with Gasteiger partial charge in [0.1, 0.15) is 6.23 Å². The molecule has 5 heteroatoms. The minimum Gasteiger partial charge on any atom is -0.548 e. The van der Waals surface area contributed by atoms with Crippen LogP contribution in [0.2, 0.25) is 0 Å². The Morgan fingerprint density at radius 2 is 2.27 bits per heavy atom. The maximum Gasteiger partial charge on any atom is 0.252 e. The molecule has 1 rings (SSSR count). The highest BCUT2D eigenvalue weighted by Crippen LogP contribution is 2.20. The molecule has 0 bridgehead atoms. The van der Waals surface area contributed by atoms with E-state index in [1.807, 2.05) is 6.92 Å². The highest BCUT2D eigenvalue weighted by molar-refractivity contribution is 5.53. The van der Waals surface area contributed by atoms with Crippen molar-refractivity contribution in [1.29, 1.82) is 0 Å². The average Bonchev–Trinajstić information content (AvgIpc) is 2.62. The Morgan fingerprint density at radius 3 is 2.80 bits per heavy atom. The second-order valence-corrected chi connectivity index (χ2v) is 4.15. The monoisotopic (exact) mass is 216 g/mol. The molecule has 0 saturated carbocycles. The van der Waals surface area contributed by atoms with Gasteiger partial charge in [-0.05, 0) is 12.8 Å². The van der Waals surface area contributed by atoms with Crippen LogP contribution in [0.25, 0.3) is 0 Å². The number of rotatable bonds is 4. The summed E-state index contributed by atoms with van der Waals surface area (Å²) in [6.07, 6.45) is -1.41. The van der Waals surface area contributed by atoms with Gasteiger partial charge in [-0.25, -0.2) is 0 Å². The quantitative estimate of drug-likeness (QED) is 0.621. The van der Waals surface area contributed by atoms with E-state index < -0.39 is 6.16 Å². The third-order valence-electron chi connectivity index (χ3n) is 2.54. The van der Waals surface area contributed by atoms with Gasteiger partial charge >= 0.3 is 0 Å². The smallest absolute Gasteiger partial charge is 0.252 e. The van der Waals surface area contributed by atoms with Crippen LogP contribution in [0.4, 0.5) is 4.79 Å². The van der Waals surface area contributed by atoms with Crippen LogP contribution in [0.1, 0.15) is 20.8 Å². The molecule has 1 aliphatic heterocycles. The molecule has 0 aromatic carbocycles. The molecule has 0 N–H and O–H groups in total. The lowest BCUT2D eigenvalue weighted by atomic mass is 10.1. The van der Waals surface area contributed by atoms with Crippen molar-refractivity contribution >= 4 is 6.16 Å². The Labute approximate surface area is 90.0 Å². The molecule has 0 aromatic rings. The normalized spacial score (nSPS) is 24.4. The highest BCUT2D eigenvalue weighted by atomic mass is 16.7. The highest BCUT2D eigenvalue weighted by Gasteiger charge is 2.31. The van der Waals surface area contributed by atoms with Gasteiger partial charge in [0.2, 0.25) is 0 Å². The van der Waals surface area contributed by atoms with E-state index in [0.29, 0.717) is 12.5 Å². The number of carboxylic acid groups (broad SMARTS) is 1. The number of ether oxygens (including phenoxy) is 2. The van der Waals surface area contributed by atoms with Gasteiger partial charge < -0.3 is 19.4 Å². The maximum atomic E-state index is 10.2. The van der Waals surface area contributed by atoms with Gasteiger partial charge in [0, 0.05) is 19.2 Å². The van der Waals surface area contributed by atoms with Crippen LogP contribution >= 0.6 is 0 Å². The van der Waals surface area contributed by atoms with Crippen molar-refractivity contribution in [2.45, 2.75) is 33.0 Å². The molecular formula is C10H18NO4-. The van der Waals surface area contributed by atoms with Crippen LogP contribution in [-0.2, 0) is 9.47 Å². The van der Waals surface area contributed by atoms with E-state index in [1.165, 1.54) is 0 Å². The first-order valence-electron chi connectivity index (χ1n) is 5.23. The second kappa shape index (κ2) is 5.32. The standard InChI is InChI=1S/C10H19NO4/c1-7(2)9-11(4-5-14-9)8(3)6-15-10(12)13/h7-9H,4-6H2,1-3H3,(H,12,13)/p-1. The molecule has 1 fully saturated rings. The SMILES string of the molecule is CC(C)C1OCCN1C(C)COC(=O)[O-]. The van der Waals surface area contributed by atoms with Crippen molar-refractivity contribution in [3.05, 3.63) is 0 Å². The van der Waals surface area contributed by atoms with E-state index in [-0.39, 0.29) is 18.9 Å². The van der Waals surface area contributed by atoms with Gasteiger partial charge in [0.15, 0.2) is 0 Å². The number of carbonyl (C=O) groups excluding carboxylic acids is 1. The Morgan fingerprint density at radius 1 is 1.60 bits per heavy atom. The number of nitrogens with zero attached hydrogens (tertiary/aromatic N) is 1. The Bertz CT molecular complexity index is 219. The van der Waals surface area contributed by atoms with E-state index in [9.17, 15) is 9.90 Å². The third kappa shape index (κ3) is 3.35. The van der Waals surface area contributed by atoms with Crippen LogP contribution in [-0.4, -0.2) is 43.1 Å². The Balaban J connectivity index is 2.43. The van der Waals surface area contributed by atoms with E-state index >= 15 is 0 Å². The molecule has 0 amide bonds. The Kier molecular flexibility index (Phi) is 4.35. The molecule has 5 nitrogen and oxygen atoms in total. The molecule has 2 atom stereocenters. The van der Waals surface area contributed by atoms with Gasteiger partial charge in [-0.15, -0.1) is 0 Å². The fourth-order valence-electron chi connectivity index (χ4n) is 1.83.